The van der Waals surface area contributed by atoms with E-state index in [1.165, 1.54) is 4.88 Å². The van der Waals surface area contributed by atoms with E-state index >= 15 is 0 Å². The molecule has 1 aromatic carbocycles. The predicted molar refractivity (Wildman–Crippen MR) is 83.6 cm³/mol. The Morgan fingerprint density at radius 2 is 2.16 bits per heavy atom. The van der Waals surface area contributed by atoms with Crippen LogP contribution in [0.25, 0.3) is 0 Å². The Kier molecular flexibility index (Phi) is 4.77. The van der Waals surface area contributed by atoms with Gasteiger partial charge in [-0.1, -0.05) is 17.7 Å². The molecule has 0 aliphatic heterocycles. The lowest BCUT2D eigenvalue weighted by atomic mass is 10.1. The highest BCUT2D eigenvalue weighted by atomic mass is 79.9. The minimum atomic E-state index is 0.0754. The Balaban J connectivity index is 2.23. The molecule has 0 fully saturated rings. The van der Waals surface area contributed by atoms with E-state index in [0.29, 0.717) is 13.1 Å². The molecule has 1 heterocycles. The second-order valence-corrected chi connectivity index (χ2v) is 6.27. The van der Waals surface area contributed by atoms with Gasteiger partial charge in [0.15, 0.2) is 0 Å². The number of nitrogens with zero attached hydrogens (tertiary/aromatic N) is 1. The zero-order valence-corrected chi connectivity index (χ0v) is 13.4. The molecule has 0 atom stereocenters. The molecule has 0 spiro atoms. The highest BCUT2D eigenvalue weighted by Gasteiger charge is 2.17. The molecule has 100 valence electrons. The molecule has 2 rings (SSSR count). The van der Waals surface area contributed by atoms with Crippen molar-refractivity contribution in [3.8, 4) is 0 Å². The first-order valence-corrected chi connectivity index (χ1v) is 7.87. The van der Waals surface area contributed by atoms with Gasteiger partial charge in [0.25, 0.3) is 5.91 Å². The zero-order valence-electron chi connectivity index (χ0n) is 11.0. The van der Waals surface area contributed by atoms with E-state index in [-0.39, 0.29) is 5.91 Å². The second-order valence-electron chi connectivity index (χ2n) is 4.38. The van der Waals surface area contributed by atoms with Crippen LogP contribution in [0, 0.1) is 6.92 Å². The van der Waals surface area contributed by atoms with Gasteiger partial charge in [-0.05, 0) is 53.4 Å². The number of benzene rings is 1. The van der Waals surface area contributed by atoms with E-state index in [0.717, 1.165) is 15.6 Å². The third kappa shape index (κ3) is 3.45. The SMILES string of the molecule is CCN(Cc1cccs1)C(=O)c1cc(C)ccc1Br. The molecular formula is C15H16BrNOS. The predicted octanol–water partition coefficient (Wildman–Crippen LogP) is 4.48. The summed E-state index contributed by atoms with van der Waals surface area (Å²) in [5.74, 6) is 0.0754. The second kappa shape index (κ2) is 6.35. The molecule has 1 aromatic heterocycles. The van der Waals surface area contributed by atoms with Crippen molar-refractivity contribution in [2.45, 2.75) is 20.4 Å². The fourth-order valence-electron chi connectivity index (χ4n) is 1.89. The van der Waals surface area contributed by atoms with Gasteiger partial charge in [0.05, 0.1) is 12.1 Å². The number of halogens is 1. The molecule has 2 aromatic rings. The number of carbonyl (C=O) groups is 1. The third-order valence-corrected chi connectivity index (χ3v) is 4.50. The van der Waals surface area contributed by atoms with Crippen LogP contribution in [0.1, 0.15) is 27.7 Å². The summed E-state index contributed by atoms with van der Waals surface area (Å²) in [5.41, 5.74) is 1.83. The molecule has 4 heteroatoms. The van der Waals surface area contributed by atoms with E-state index in [1.807, 2.05) is 48.4 Å². The summed E-state index contributed by atoms with van der Waals surface area (Å²) in [4.78, 5) is 15.6. The summed E-state index contributed by atoms with van der Waals surface area (Å²) in [7, 11) is 0. The van der Waals surface area contributed by atoms with Crippen LogP contribution in [0.5, 0.6) is 0 Å². The highest BCUT2D eigenvalue weighted by Crippen LogP contribution is 2.21. The molecule has 0 bridgehead atoms. The van der Waals surface area contributed by atoms with Gasteiger partial charge in [-0.25, -0.2) is 0 Å². The quantitative estimate of drug-likeness (QED) is 0.805. The third-order valence-electron chi connectivity index (χ3n) is 2.95. The Morgan fingerprint density at radius 1 is 1.37 bits per heavy atom. The van der Waals surface area contributed by atoms with Gasteiger partial charge < -0.3 is 4.90 Å². The normalized spacial score (nSPS) is 10.5. The Labute approximate surface area is 126 Å². The average Bonchev–Trinajstić information content (AvgIpc) is 2.91. The lowest BCUT2D eigenvalue weighted by molar-refractivity contribution is 0.0753. The van der Waals surface area contributed by atoms with Crippen molar-refractivity contribution in [3.63, 3.8) is 0 Å². The summed E-state index contributed by atoms with van der Waals surface area (Å²) in [6.45, 7) is 5.39. The molecule has 0 aliphatic rings. The molecular weight excluding hydrogens is 322 g/mol. The average molecular weight is 338 g/mol. The number of amides is 1. The van der Waals surface area contributed by atoms with Gasteiger partial charge >= 0.3 is 0 Å². The first-order chi connectivity index (χ1) is 9.11. The lowest BCUT2D eigenvalue weighted by Gasteiger charge is -2.21. The summed E-state index contributed by atoms with van der Waals surface area (Å²) < 4.78 is 0.854. The fraction of sp³-hybridized carbons (Fsp3) is 0.267. The first kappa shape index (κ1) is 14.3. The van der Waals surface area contributed by atoms with Crippen LogP contribution >= 0.6 is 27.3 Å². The molecule has 2 nitrogen and oxygen atoms in total. The summed E-state index contributed by atoms with van der Waals surface area (Å²) in [6.07, 6.45) is 0. The molecule has 0 saturated carbocycles. The van der Waals surface area contributed by atoms with Gasteiger partial charge in [0.1, 0.15) is 0 Å². The van der Waals surface area contributed by atoms with Crippen molar-refractivity contribution < 1.29 is 4.79 Å². The van der Waals surface area contributed by atoms with E-state index in [4.69, 9.17) is 0 Å². The summed E-state index contributed by atoms with van der Waals surface area (Å²) >= 11 is 5.14. The maximum Gasteiger partial charge on any atom is 0.255 e. The fourth-order valence-corrected chi connectivity index (χ4v) is 3.03. The highest BCUT2D eigenvalue weighted by molar-refractivity contribution is 9.10. The van der Waals surface area contributed by atoms with Crippen molar-refractivity contribution in [3.05, 3.63) is 56.2 Å². The number of hydrogen-bond acceptors (Lipinski definition) is 2. The van der Waals surface area contributed by atoms with Crippen LogP contribution < -0.4 is 0 Å². The Hall–Kier alpha value is -1.13. The van der Waals surface area contributed by atoms with Crippen molar-refractivity contribution in [2.75, 3.05) is 6.54 Å². The minimum absolute atomic E-state index is 0.0754. The summed E-state index contributed by atoms with van der Waals surface area (Å²) in [6, 6.07) is 9.94. The Morgan fingerprint density at radius 3 is 2.79 bits per heavy atom. The molecule has 0 aliphatic carbocycles. The van der Waals surface area contributed by atoms with Crippen LogP contribution in [-0.2, 0) is 6.54 Å². The molecule has 0 unspecified atom stereocenters. The standard InChI is InChI=1S/C15H16BrNOS/c1-3-17(10-12-5-4-8-19-12)15(18)13-9-11(2)6-7-14(13)16/h4-9H,3,10H2,1-2H3. The number of aryl methyl sites for hydroxylation is 1. The van der Waals surface area contributed by atoms with E-state index in [1.54, 1.807) is 11.3 Å². The molecule has 19 heavy (non-hydrogen) atoms. The Bertz CT molecular complexity index is 566. The largest absolute Gasteiger partial charge is 0.334 e. The number of hydrogen-bond donors (Lipinski definition) is 0. The maximum absolute atomic E-state index is 12.6. The van der Waals surface area contributed by atoms with E-state index in [2.05, 4.69) is 22.0 Å². The molecule has 0 saturated heterocycles. The van der Waals surface area contributed by atoms with Crippen molar-refractivity contribution in [2.24, 2.45) is 0 Å². The molecule has 1 amide bonds. The van der Waals surface area contributed by atoms with Gasteiger partial charge in [0.2, 0.25) is 0 Å². The molecule has 0 radical (unpaired) electrons. The van der Waals surface area contributed by atoms with Crippen LogP contribution in [0.15, 0.2) is 40.2 Å². The summed E-state index contributed by atoms with van der Waals surface area (Å²) in [5, 5.41) is 2.04. The number of rotatable bonds is 4. The number of carbonyl (C=O) groups excluding carboxylic acids is 1. The van der Waals surface area contributed by atoms with Gasteiger partial charge in [-0.2, -0.15) is 0 Å². The van der Waals surface area contributed by atoms with Crippen molar-refractivity contribution in [1.82, 2.24) is 4.90 Å². The zero-order chi connectivity index (χ0) is 13.8. The van der Waals surface area contributed by atoms with Crippen LogP contribution in [0.4, 0.5) is 0 Å². The van der Waals surface area contributed by atoms with E-state index in [9.17, 15) is 4.79 Å². The van der Waals surface area contributed by atoms with E-state index < -0.39 is 0 Å². The van der Waals surface area contributed by atoms with Gasteiger partial charge in [0, 0.05) is 15.9 Å². The maximum atomic E-state index is 12.6. The van der Waals surface area contributed by atoms with Crippen LogP contribution in [0.3, 0.4) is 0 Å². The van der Waals surface area contributed by atoms with Crippen LogP contribution in [-0.4, -0.2) is 17.4 Å². The molecule has 0 N–H and O–H groups in total. The van der Waals surface area contributed by atoms with Gasteiger partial charge in [-0.15, -0.1) is 11.3 Å². The minimum Gasteiger partial charge on any atom is -0.334 e. The monoisotopic (exact) mass is 337 g/mol. The van der Waals surface area contributed by atoms with Crippen molar-refractivity contribution in [1.29, 1.82) is 0 Å². The number of thiophene rings is 1. The smallest absolute Gasteiger partial charge is 0.255 e. The van der Waals surface area contributed by atoms with Crippen molar-refractivity contribution >= 4 is 33.2 Å². The lowest BCUT2D eigenvalue weighted by Crippen LogP contribution is -2.30. The first-order valence-electron chi connectivity index (χ1n) is 6.19. The topological polar surface area (TPSA) is 20.3 Å². The van der Waals surface area contributed by atoms with Gasteiger partial charge in [-0.3, -0.25) is 4.79 Å². The van der Waals surface area contributed by atoms with Crippen LogP contribution in [0.2, 0.25) is 0 Å².